The maximum Gasteiger partial charge on any atom is 0.220 e. The molecular weight excluding hydrogens is 422 g/mol. The van der Waals surface area contributed by atoms with Gasteiger partial charge in [0.05, 0.1) is 17.4 Å². The first kappa shape index (κ1) is 31.6. The zero-order valence-corrected chi connectivity index (χ0v) is 21.5. The van der Waals surface area contributed by atoms with E-state index in [1.807, 2.05) is 13.8 Å². The third kappa shape index (κ3) is 11.1. The van der Waals surface area contributed by atoms with Gasteiger partial charge < -0.3 is 10.1 Å². The summed E-state index contributed by atoms with van der Waals surface area (Å²) in [5.41, 5.74) is 5.21. The van der Waals surface area contributed by atoms with Gasteiger partial charge in [0, 0.05) is 18.5 Å². The number of benzene rings is 1. The van der Waals surface area contributed by atoms with Crippen LogP contribution < -0.4 is 5.32 Å². The highest BCUT2D eigenvalue weighted by molar-refractivity contribution is 5.77. The van der Waals surface area contributed by atoms with Crippen LogP contribution in [0.25, 0.3) is 11.3 Å². The standard InChI is InChI=1S/C20H28N2.C4H7NO.C2H4O.C2H6.CH4/c1-3-9-17-10-8-11-18(15-17)20-14-16(2)21-22(20)19-12-6-4-5-7-13-19;6-4-2-1-3-5-4;1-2-3;1-2;/h8,10-11,14-15,19H,3-7,9,12-13H2,1-2H3;1-3H2,(H,5,6);2H,1H3;1-2H3;1H4. The van der Waals surface area contributed by atoms with Crippen molar-refractivity contribution in [1.29, 1.82) is 0 Å². The summed E-state index contributed by atoms with van der Waals surface area (Å²) in [6, 6.07) is 11.9. The normalized spacial score (nSPS) is 15.0. The number of carbonyl (C=O) groups excluding carboxylic acids is 2. The molecular formula is C29H49N3O2. The topological polar surface area (TPSA) is 64.0 Å². The van der Waals surface area contributed by atoms with Crippen LogP contribution in [0.15, 0.2) is 30.3 Å². The molecule has 2 aromatic rings. The summed E-state index contributed by atoms with van der Waals surface area (Å²) in [6.07, 6.45) is 12.9. The highest BCUT2D eigenvalue weighted by atomic mass is 16.1. The van der Waals surface area contributed by atoms with Crippen LogP contribution in [0.5, 0.6) is 0 Å². The molecule has 1 saturated heterocycles. The summed E-state index contributed by atoms with van der Waals surface area (Å²) in [6.45, 7) is 10.7. The van der Waals surface area contributed by atoms with Crippen LogP contribution in [-0.2, 0) is 16.0 Å². The van der Waals surface area contributed by atoms with Crippen molar-refractivity contribution in [3.8, 4) is 11.3 Å². The lowest BCUT2D eigenvalue weighted by atomic mass is 10.0. The highest BCUT2D eigenvalue weighted by Crippen LogP contribution is 2.32. The maximum absolute atomic E-state index is 10.1. The Morgan fingerprint density at radius 2 is 1.74 bits per heavy atom. The third-order valence-corrected chi connectivity index (χ3v) is 5.69. The van der Waals surface area contributed by atoms with Crippen LogP contribution in [0, 0.1) is 6.92 Å². The molecule has 0 atom stereocenters. The molecule has 1 amide bonds. The molecule has 0 bridgehead atoms. The molecule has 5 heteroatoms. The van der Waals surface area contributed by atoms with Crippen molar-refractivity contribution in [2.45, 2.75) is 112 Å². The third-order valence-electron chi connectivity index (χ3n) is 5.69. The number of hydrogen-bond donors (Lipinski definition) is 1. The van der Waals surface area contributed by atoms with Crippen LogP contribution in [0.1, 0.15) is 110 Å². The van der Waals surface area contributed by atoms with Crippen molar-refractivity contribution >= 4 is 12.2 Å². The van der Waals surface area contributed by atoms with E-state index in [1.54, 1.807) is 0 Å². The molecule has 5 nitrogen and oxygen atoms in total. The minimum atomic E-state index is 0. The van der Waals surface area contributed by atoms with Gasteiger partial charge in [0.2, 0.25) is 5.91 Å². The number of aryl methyl sites for hydroxylation is 2. The number of carbonyl (C=O) groups is 2. The van der Waals surface area contributed by atoms with Gasteiger partial charge in [0.15, 0.2) is 0 Å². The van der Waals surface area contributed by atoms with E-state index in [9.17, 15) is 4.79 Å². The number of hydrogen-bond acceptors (Lipinski definition) is 3. The molecule has 34 heavy (non-hydrogen) atoms. The van der Waals surface area contributed by atoms with Crippen molar-refractivity contribution in [1.82, 2.24) is 15.1 Å². The van der Waals surface area contributed by atoms with Crippen LogP contribution in [0.4, 0.5) is 0 Å². The average molecular weight is 472 g/mol. The van der Waals surface area contributed by atoms with Gasteiger partial charge in [-0.1, -0.05) is 78.5 Å². The Bertz CT molecular complexity index is 797. The molecule has 1 aromatic heterocycles. The Hall–Kier alpha value is -2.43. The first-order valence-corrected chi connectivity index (χ1v) is 12.9. The number of aldehydes is 1. The van der Waals surface area contributed by atoms with Gasteiger partial charge in [0.25, 0.3) is 0 Å². The molecule has 2 fully saturated rings. The predicted octanol–water partition coefficient (Wildman–Crippen LogP) is 7.47. The summed E-state index contributed by atoms with van der Waals surface area (Å²) in [5.74, 6) is 0.204. The molecule has 1 aliphatic heterocycles. The number of rotatable bonds is 4. The van der Waals surface area contributed by atoms with Gasteiger partial charge in [-0.3, -0.25) is 9.48 Å². The number of nitrogens with one attached hydrogen (secondary N) is 1. The van der Waals surface area contributed by atoms with E-state index in [0.29, 0.717) is 6.04 Å². The first-order valence-electron chi connectivity index (χ1n) is 12.9. The van der Waals surface area contributed by atoms with Crippen LogP contribution in [0.2, 0.25) is 0 Å². The summed E-state index contributed by atoms with van der Waals surface area (Å²) in [4.78, 5) is 18.9. The number of nitrogens with zero attached hydrogens (tertiary/aromatic N) is 2. The minimum Gasteiger partial charge on any atom is -0.356 e. The Balaban J connectivity index is 0.000000762. The molecule has 1 aliphatic carbocycles. The van der Waals surface area contributed by atoms with Gasteiger partial charge in [-0.05, 0) is 57.2 Å². The highest BCUT2D eigenvalue weighted by Gasteiger charge is 2.19. The monoisotopic (exact) mass is 471 g/mol. The lowest BCUT2D eigenvalue weighted by molar-refractivity contribution is -0.119. The lowest BCUT2D eigenvalue weighted by Crippen LogP contribution is -2.12. The first-order chi connectivity index (χ1) is 16.1. The minimum absolute atomic E-state index is 0. The Kier molecular flexibility index (Phi) is 17.6. The Morgan fingerprint density at radius 1 is 1.09 bits per heavy atom. The van der Waals surface area contributed by atoms with Gasteiger partial charge in [-0.25, -0.2) is 0 Å². The van der Waals surface area contributed by atoms with E-state index < -0.39 is 0 Å². The van der Waals surface area contributed by atoms with E-state index in [1.165, 1.54) is 68.7 Å². The Labute approximate surface area is 208 Å². The van der Waals surface area contributed by atoms with Crippen LogP contribution >= 0.6 is 0 Å². The van der Waals surface area contributed by atoms with E-state index in [2.05, 4.69) is 54.2 Å². The van der Waals surface area contributed by atoms with Crippen molar-refractivity contribution in [2.24, 2.45) is 0 Å². The van der Waals surface area contributed by atoms with E-state index in [4.69, 9.17) is 9.89 Å². The summed E-state index contributed by atoms with van der Waals surface area (Å²) >= 11 is 0. The fourth-order valence-corrected chi connectivity index (χ4v) is 4.25. The van der Waals surface area contributed by atoms with Gasteiger partial charge in [-0.15, -0.1) is 0 Å². The molecule has 1 N–H and O–H groups in total. The fraction of sp³-hybridized carbons (Fsp3) is 0.621. The SMILES string of the molecule is C.CC.CC=O.CCCc1cccc(-c2cc(C)nn2C2CCCCCC2)c1.O=C1CCCN1. The quantitative estimate of drug-likeness (QED) is 0.371. The largest absolute Gasteiger partial charge is 0.356 e. The molecule has 4 rings (SSSR count). The second-order valence-corrected chi connectivity index (χ2v) is 8.40. The predicted molar refractivity (Wildman–Crippen MR) is 145 cm³/mol. The summed E-state index contributed by atoms with van der Waals surface area (Å²) in [5, 5.41) is 7.53. The zero-order chi connectivity index (χ0) is 24.5. The molecule has 1 saturated carbocycles. The van der Waals surface area contributed by atoms with Crippen molar-refractivity contribution in [2.75, 3.05) is 6.54 Å². The maximum atomic E-state index is 10.1. The van der Waals surface area contributed by atoms with E-state index in [0.717, 1.165) is 37.8 Å². The lowest BCUT2D eigenvalue weighted by Gasteiger charge is -2.18. The molecule has 2 heterocycles. The van der Waals surface area contributed by atoms with Gasteiger partial charge in [0.1, 0.15) is 6.29 Å². The molecule has 192 valence electrons. The van der Waals surface area contributed by atoms with Crippen LogP contribution in [0.3, 0.4) is 0 Å². The fourth-order valence-electron chi connectivity index (χ4n) is 4.25. The molecule has 0 unspecified atom stereocenters. The summed E-state index contributed by atoms with van der Waals surface area (Å²) < 4.78 is 2.33. The molecule has 0 spiro atoms. The average Bonchev–Trinajstić information content (AvgIpc) is 3.36. The van der Waals surface area contributed by atoms with Crippen molar-refractivity contribution in [3.63, 3.8) is 0 Å². The molecule has 0 radical (unpaired) electrons. The summed E-state index contributed by atoms with van der Waals surface area (Å²) in [7, 11) is 0. The van der Waals surface area contributed by atoms with Gasteiger partial charge >= 0.3 is 0 Å². The van der Waals surface area contributed by atoms with E-state index in [-0.39, 0.29) is 13.3 Å². The van der Waals surface area contributed by atoms with Crippen LogP contribution in [-0.4, -0.2) is 28.5 Å². The number of amides is 1. The molecule has 2 aliphatic rings. The van der Waals surface area contributed by atoms with Crippen molar-refractivity contribution < 1.29 is 9.59 Å². The van der Waals surface area contributed by atoms with E-state index >= 15 is 0 Å². The smallest absolute Gasteiger partial charge is 0.220 e. The second kappa shape index (κ2) is 18.9. The van der Waals surface area contributed by atoms with Crippen molar-refractivity contribution in [3.05, 3.63) is 41.6 Å². The second-order valence-electron chi connectivity index (χ2n) is 8.40. The molecule has 1 aromatic carbocycles. The zero-order valence-electron chi connectivity index (χ0n) is 21.5. The van der Waals surface area contributed by atoms with Gasteiger partial charge in [-0.2, -0.15) is 5.10 Å². The number of aromatic nitrogens is 2. The Morgan fingerprint density at radius 3 is 2.24 bits per heavy atom.